The van der Waals surface area contributed by atoms with E-state index in [1.54, 1.807) is 12.1 Å². The van der Waals surface area contributed by atoms with Gasteiger partial charge >= 0.3 is 0 Å². The first kappa shape index (κ1) is 27.8. The highest BCUT2D eigenvalue weighted by atomic mass is 127. The molecule has 2 aromatic carbocycles. The molecular formula is C24H26Cl2IN5O2S. The third-order valence-electron chi connectivity index (χ3n) is 5.21. The molecule has 186 valence electrons. The third kappa shape index (κ3) is 7.12. The van der Waals surface area contributed by atoms with Gasteiger partial charge in [-0.25, -0.2) is 0 Å². The predicted molar refractivity (Wildman–Crippen MR) is 151 cm³/mol. The summed E-state index contributed by atoms with van der Waals surface area (Å²) in [5.41, 5.74) is 2.24. The molecule has 11 heteroatoms. The number of thioether (sulfide) groups is 1. The van der Waals surface area contributed by atoms with Crippen molar-refractivity contribution in [3.8, 4) is 0 Å². The molecular weight excluding hydrogens is 620 g/mol. The fraction of sp³-hybridized carbons (Fsp3) is 0.333. The van der Waals surface area contributed by atoms with Crippen LogP contribution in [0.5, 0.6) is 0 Å². The number of carbonyl (C=O) groups excluding carboxylic acids is 2. The summed E-state index contributed by atoms with van der Waals surface area (Å²) in [5.74, 6) is 0.607. The van der Waals surface area contributed by atoms with E-state index in [4.69, 9.17) is 23.2 Å². The van der Waals surface area contributed by atoms with Crippen molar-refractivity contribution in [1.82, 2.24) is 20.1 Å². The molecule has 0 saturated heterocycles. The first-order valence-corrected chi connectivity index (χ1v) is 13.8. The van der Waals surface area contributed by atoms with Crippen molar-refractivity contribution in [2.45, 2.75) is 51.4 Å². The molecule has 7 nitrogen and oxygen atoms in total. The second-order valence-electron chi connectivity index (χ2n) is 8.13. The average molecular weight is 646 g/mol. The van der Waals surface area contributed by atoms with Crippen molar-refractivity contribution < 1.29 is 9.59 Å². The van der Waals surface area contributed by atoms with Crippen LogP contribution in [0.4, 0.5) is 5.69 Å². The maximum Gasteiger partial charge on any atom is 0.253 e. The lowest BCUT2D eigenvalue weighted by atomic mass is 10.0. The number of amides is 2. The summed E-state index contributed by atoms with van der Waals surface area (Å²) in [6.45, 7) is 8.57. The highest BCUT2D eigenvalue weighted by Crippen LogP contribution is 2.27. The Hall–Kier alpha value is -1.82. The van der Waals surface area contributed by atoms with Gasteiger partial charge in [0.05, 0.1) is 22.4 Å². The molecule has 0 aliphatic carbocycles. The van der Waals surface area contributed by atoms with E-state index in [-0.39, 0.29) is 28.5 Å². The predicted octanol–water partition coefficient (Wildman–Crippen LogP) is 6.55. The molecule has 1 atom stereocenters. The van der Waals surface area contributed by atoms with Gasteiger partial charge in [0.1, 0.15) is 0 Å². The Morgan fingerprint density at radius 1 is 1.11 bits per heavy atom. The van der Waals surface area contributed by atoms with Gasteiger partial charge in [-0.3, -0.25) is 9.59 Å². The number of hydrogen-bond donors (Lipinski definition) is 2. The molecule has 0 aliphatic heterocycles. The summed E-state index contributed by atoms with van der Waals surface area (Å²) in [7, 11) is 0. The number of aromatic nitrogens is 3. The molecule has 35 heavy (non-hydrogen) atoms. The fourth-order valence-corrected chi connectivity index (χ4v) is 5.30. The molecule has 3 aromatic rings. The topological polar surface area (TPSA) is 88.9 Å². The second kappa shape index (κ2) is 12.4. The number of carbonyl (C=O) groups is 2. The van der Waals surface area contributed by atoms with Gasteiger partial charge in [-0.15, -0.1) is 10.2 Å². The minimum absolute atomic E-state index is 0.121. The molecule has 0 fully saturated rings. The van der Waals surface area contributed by atoms with Crippen molar-refractivity contribution in [2.75, 3.05) is 11.1 Å². The maximum atomic E-state index is 12.7. The minimum atomic E-state index is -0.426. The Balaban J connectivity index is 1.66. The Morgan fingerprint density at radius 3 is 2.51 bits per heavy atom. The smallest absolute Gasteiger partial charge is 0.253 e. The van der Waals surface area contributed by atoms with Crippen LogP contribution >= 0.6 is 57.6 Å². The van der Waals surface area contributed by atoms with Crippen LogP contribution in [0, 0.1) is 3.57 Å². The number of hydrogen-bond acceptors (Lipinski definition) is 5. The summed E-state index contributed by atoms with van der Waals surface area (Å²) in [4.78, 5) is 25.4. The van der Waals surface area contributed by atoms with E-state index in [0.29, 0.717) is 28.1 Å². The van der Waals surface area contributed by atoms with Crippen LogP contribution in [0.15, 0.2) is 41.6 Å². The summed E-state index contributed by atoms with van der Waals surface area (Å²) < 4.78 is 3.01. The van der Waals surface area contributed by atoms with E-state index in [1.807, 2.05) is 30.5 Å². The van der Waals surface area contributed by atoms with E-state index in [1.165, 1.54) is 17.8 Å². The highest BCUT2D eigenvalue weighted by Gasteiger charge is 2.21. The van der Waals surface area contributed by atoms with Crippen molar-refractivity contribution in [3.05, 3.63) is 67.0 Å². The quantitative estimate of drug-likeness (QED) is 0.203. The Kier molecular flexibility index (Phi) is 9.86. The zero-order valence-electron chi connectivity index (χ0n) is 19.7. The molecule has 0 spiro atoms. The number of benzene rings is 2. The van der Waals surface area contributed by atoms with Gasteiger partial charge in [0.15, 0.2) is 11.0 Å². The van der Waals surface area contributed by atoms with Crippen LogP contribution < -0.4 is 10.6 Å². The molecule has 1 aromatic heterocycles. The largest absolute Gasteiger partial charge is 0.342 e. The van der Waals surface area contributed by atoms with Crippen LogP contribution in [-0.2, 0) is 11.3 Å². The van der Waals surface area contributed by atoms with Crippen molar-refractivity contribution in [1.29, 1.82) is 0 Å². The standard InChI is InChI=1S/C24H26Cl2IN5O2S/c1-5-32-22(14(4)28-23(34)17-8-6-15(25)10-19(17)26)30-31-24(32)35-12-21(33)29-20-9-7-16(27)11-18(20)13(2)3/h6-11,13-14H,5,12H2,1-4H3,(H,28,34)(H,29,33)/t14-/m0/s1. The first-order chi connectivity index (χ1) is 16.6. The normalized spacial score (nSPS) is 12.0. The molecule has 0 unspecified atom stereocenters. The van der Waals surface area contributed by atoms with Crippen molar-refractivity contribution in [2.24, 2.45) is 0 Å². The van der Waals surface area contributed by atoms with E-state index in [9.17, 15) is 9.59 Å². The molecule has 2 amide bonds. The number of rotatable bonds is 9. The zero-order chi connectivity index (χ0) is 25.7. The van der Waals surface area contributed by atoms with Crippen molar-refractivity contribution in [3.63, 3.8) is 0 Å². The number of anilines is 1. The SMILES string of the molecule is CCn1c(SCC(=O)Nc2ccc(I)cc2C(C)C)nnc1[C@H](C)NC(=O)c1ccc(Cl)cc1Cl. The third-order valence-corrected chi connectivity index (χ3v) is 7.40. The number of halogens is 3. The number of nitrogens with one attached hydrogen (secondary N) is 2. The van der Waals surface area contributed by atoms with Crippen LogP contribution in [0.3, 0.4) is 0 Å². The van der Waals surface area contributed by atoms with Gasteiger partial charge in [-0.1, -0.05) is 48.8 Å². The van der Waals surface area contributed by atoms with E-state index < -0.39 is 6.04 Å². The van der Waals surface area contributed by atoms with E-state index in [2.05, 4.69) is 63.3 Å². The second-order valence-corrected chi connectivity index (χ2v) is 11.2. The lowest BCUT2D eigenvalue weighted by molar-refractivity contribution is -0.113. The summed E-state index contributed by atoms with van der Waals surface area (Å²) in [6, 6.07) is 10.3. The lowest BCUT2D eigenvalue weighted by Gasteiger charge is -2.16. The van der Waals surface area contributed by atoms with Crippen LogP contribution in [0.25, 0.3) is 0 Å². The van der Waals surface area contributed by atoms with Gasteiger partial charge in [0.2, 0.25) is 5.91 Å². The van der Waals surface area contributed by atoms with Crippen LogP contribution in [0.1, 0.15) is 61.4 Å². The highest BCUT2D eigenvalue weighted by molar-refractivity contribution is 14.1. The lowest BCUT2D eigenvalue weighted by Crippen LogP contribution is -2.29. The zero-order valence-corrected chi connectivity index (χ0v) is 24.2. The molecule has 0 bridgehead atoms. The molecule has 1 heterocycles. The molecule has 0 radical (unpaired) electrons. The van der Waals surface area contributed by atoms with Gasteiger partial charge in [0.25, 0.3) is 5.91 Å². The maximum absolute atomic E-state index is 12.7. The van der Waals surface area contributed by atoms with Gasteiger partial charge in [-0.2, -0.15) is 0 Å². The molecule has 0 aliphatic rings. The molecule has 3 rings (SSSR count). The Labute approximate surface area is 232 Å². The van der Waals surface area contributed by atoms with Crippen molar-refractivity contribution >= 4 is 75.1 Å². The van der Waals surface area contributed by atoms with Gasteiger partial charge < -0.3 is 15.2 Å². The van der Waals surface area contributed by atoms with E-state index in [0.717, 1.165) is 14.8 Å². The van der Waals surface area contributed by atoms with Crippen LogP contribution in [-0.4, -0.2) is 32.3 Å². The Morgan fingerprint density at radius 2 is 1.86 bits per heavy atom. The average Bonchev–Trinajstić information content (AvgIpc) is 3.21. The molecule has 0 saturated carbocycles. The van der Waals surface area contributed by atoms with Crippen LogP contribution in [0.2, 0.25) is 10.0 Å². The van der Waals surface area contributed by atoms with Gasteiger partial charge in [0, 0.05) is 20.8 Å². The summed E-state index contributed by atoms with van der Waals surface area (Å²) >= 11 is 15.7. The Bertz CT molecular complexity index is 1230. The minimum Gasteiger partial charge on any atom is -0.342 e. The summed E-state index contributed by atoms with van der Waals surface area (Å²) in [5, 5.41) is 15.8. The monoisotopic (exact) mass is 645 g/mol. The van der Waals surface area contributed by atoms with E-state index >= 15 is 0 Å². The van der Waals surface area contributed by atoms with Gasteiger partial charge in [-0.05, 0) is 84.3 Å². The fourth-order valence-electron chi connectivity index (χ4n) is 3.48. The number of nitrogens with zero attached hydrogens (tertiary/aromatic N) is 3. The first-order valence-electron chi connectivity index (χ1n) is 11.0. The summed E-state index contributed by atoms with van der Waals surface area (Å²) in [6.07, 6.45) is 0. The molecule has 2 N–H and O–H groups in total.